The number of hydrogen-bond donors (Lipinski definition) is 0. The fourth-order valence-electron chi connectivity index (χ4n) is 9.05. The number of anilines is 3. The second-order valence-corrected chi connectivity index (χ2v) is 15.2. The van der Waals surface area contributed by atoms with E-state index in [1.807, 2.05) is 18.2 Å². The van der Waals surface area contributed by atoms with Crippen LogP contribution in [0.1, 0.15) is 0 Å². The molecule has 0 amide bonds. The van der Waals surface area contributed by atoms with Gasteiger partial charge in [-0.2, -0.15) is 0 Å². The maximum atomic E-state index is 6.98. The predicted molar refractivity (Wildman–Crippen MR) is 247 cm³/mol. The highest BCUT2D eigenvalue weighted by Gasteiger charge is 2.21. The van der Waals surface area contributed by atoms with Crippen LogP contribution >= 0.6 is 0 Å². The second-order valence-electron chi connectivity index (χ2n) is 15.2. The van der Waals surface area contributed by atoms with E-state index in [2.05, 4.69) is 199 Å². The summed E-state index contributed by atoms with van der Waals surface area (Å²) in [6, 6.07) is 75.6. The standard InChI is InChI=1S/C56H35NO2/c1-2-11-37(12-3-1)47-17-8-18-48-49-19-9-20-51(56(49)59-55(47)48)57(43-32-27-39(28-33-43)46-16-10-22-53-54(46)50-15-6-7-21-52(50)58-53)42-30-25-36(26-31-42)40-29-34-45-41(35-40)24-23-38-13-4-5-14-44(38)45/h1-35H. The van der Waals surface area contributed by atoms with Crippen molar-refractivity contribution < 1.29 is 8.83 Å². The fourth-order valence-corrected chi connectivity index (χ4v) is 9.05. The van der Waals surface area contributed by atoms with Crippen LogP contribution in [0.4, 0.5) is 17.1 Å². The molecular weight excluding hydrogens is 719 g/mol. The number of para-hydroxylation sites is 3. The molecule has 0 aliphatic heterocycles. The van der Waals surface area contributed by atoms with Crippen LogP contribution in [0.2, 0.25) is 0 Å². The molecule has 0 spiro atoms. The van der Waals surface area contributed by atoms with Crippen molar-refractivity contribution in [1.82, 2.24) is 0 Å². The van der Waals surface area contributed by atoms with E-state index in [4.69, 9.17) is 8.83 Å². The normalized spacial score (nSPS) is 11.7. The van der Waals surface area contributed by atoms with Gasteiger partial charge < -0.3 is 13.7 Å². The van der Waals surface area contributed by atoms with Crippen LogP contribution in [0, 0.1) is 0 Å². The SMILES string of the molecule is c1ccc(-c2cccc3c2oc2c(N(c4ccc(-c5ccc6c(ccc7ccccc76)c5)cc4)c4ccc(-c5cccc6oc7ccccc7c56)cc4)cccc23)cc1. The van der Waals surface area contributed by atoms with Crippen molar-refractivity contribution in [3.63, 3.8) is 0 Å². The number of nitrogens with zero attached hydrogens (tertiary/aromatic N) is 1. The lowest BCUT2D eigenvalue weighted by Gasteiger charge is -2.26. The minimum Gasteiger partial charge on any atom is -0.456 e. The Labute approximate surface area is 340 Å². The molecule has 12 aromatic rings. The first kappa shape index (κ1) is 33.3. The summed E-state index contributed by atoms with van der Waals surface area (Å²) >= 11 is 0. The molecule has 0 N–H and O–H groups in total. The van der Waals surface area contributed by atoms with Gasteiger partial charge in [0.05, 0.1) is 5.69 Å². The zero-order valence-electron chi connectivity index (χ0n) is 32.0. The van der Waals surface area contributed by atoms with Crippen LogP contribution in [0.25, 0.3) is 98.8 Å². The summed E-state index contributed by atoms with van der Waals surface area (Å²) in [5.74, 6) is 0. The van der Waals surface area contributed by atoms with Crippen LogP contribution in [0.15, 0.2) is 221 Å². The van der Waals surface area contributed by atoms with Gasteiger partial charge in [-0.25, -0.2) is 0 Å². The molecule has 3 heteroatoms. The van der Waals surface area contributed by atoms with Gasteiger partial charge in [0.25, 0.3) is 0 Å². The molecule has 12 rings (SSSR count). The first-order valence-corrected chi connectivity index (χ1v) is 20.1. The Morgan fingerprint density at radius 3 is 1.71 bits per heavy atom. The van der Waals surface area contributed by atoms with E-state index in [1.165, 1.54) is 27.1 Å². The third kappa shape index (κ3) is 5.44. The van der Waals surface area contributed by atoms with E-state index >= 15 is 0 Å². The lowest BCUT2D eigenvalue weighted by Crippen LogP contribution is -2.10. The van der Waals surface area contributed by atoms with Gasteiger partial charge in [0.1, 0.15) is 16.7 Å². The molecular formula is C56H35NO2. The molecule has 2 heterocycles. The molecule has 10 aromatic carbocycles. The highest BCUT2D eigenvalue weighted by atomic mass is 16.3. The Kier molecular flexibility index (Phi) is 7.54. The van der Waals surface area contributed by atoms with Crippen molar-refractivity contribution in [2.75, 3.05) is 4.90 Å². The van der Waals surface area contributed by atoms with E-state index in [1.54, 1.807) is 0 Å². The molecule has 59 heavy (non-hydrogen) atoms. The van der Waals surface area contributed by atoms with Gasteiger partial charge in [-0.05, 0) is 97.9 Å². The first-order valence-electron chi connectivity index (χ1n) is 20.1. The van der Waals surface area contributed by atoms with Gasteiger partial charge in [0.2, 0.25) is 0 Å². The van der Waals surface area contributed by atoms with Gasteiger partial charge in [-0.3, -0.25) is 0 Å². The summed E-state index contributed by atoms with van der Waals surface area (Å²) in [7, 11) is 0. The van der Waals surface area contributed by atoms with E-state index in [9.17, 15) is 0 Å². The summed E-state index contributed by atoms with van der Waals surface area (Å²) in [5, 5.41) is 9.46. The summed E-state index contributed by atoms with van der Waals surface area (Å²) in [6.07, 6.45) is 0. The molecule has 0 aliphatic rings. The lowest BCUT2D eigenvalue weighted by molar-refractivity contribution is 0.669. The van der Waals surface area contributed by atoms with Crippen molar-refractivity contribution >= 4 is 82.5 Å². The highest BCUT2D eigenvalue weighted by Crippen LogP contribution is 2.45. The van der Waals surface area contributed by atoms with Gasteiger partial charge in [-0.1, -0.05) is 164 Å². The average Bonchev–Trinajstić information content (AvgIpc) is 3.89. The zero-order chi connectivity index (χ0) is 38.9. The number of hydrogen-bond acceptors (Lipinski definition) is 3. The van der Waals surface area contributed by atoms with Crippen LogP contribution in [-0.2, 0) is 0 Å². The number of benzene rings is 10. The Bertz CT molecular complexity index is 3540. The first-order chi connectivity index (χ1) is 29.2. The third-order valence-corrected chi connectivity index (χ3v) is 11.9. The monoisotopic (exact) mass is 753 g/mol. The van der Waals surface area contributed by atoms with Gasteiger partial charge in [0.15, 0.2) is 5.58 Å². The maximum Gasteiger partial charge on any atom is 0.159 e. The quantitative estimate of drug-likeness (QED) is 0.158. The molecule has 0 unspecified atom stereocenters. The van der Waals surface area contributed by atoms with Crippen LogP contribution in [-0.4, -0.2) is 0 Å². The van der Waals surface area contributed by atoms with Crippen molar-refractivity contribution in [3.8, 4) is 33.4 Å². The van der Waals surface area contributed by atoms with E-state index in [0.717, 1.165) is 88.8 Å². The van der Waals surface area contributed by atoms with Crippen molar-refractivity contribution in [3.05, 3.63) is 212 Å². The maximum absolute atomic E-state index is 6.98. The molecule has 2 aromatic heterocycles. The summed E-state index contributed by atoms with van der Waals surface area (Å²) in [6.45, 7) is 0. The van der Waals surface area contributed by atoms with Gasteiger partial charge >= 0.3 is 0 Å². The Morgan fingerprint density at radius 1 is 0.305 bits per heavy atom. The van der Waals surface area contributed by atoms with Crippen molar-refractivity contribution in [2.45, 2.75) is 0 Å². The molecule has 3 nitrogen and oxygen atoms in total. The Morgan fingerprint density at radius 2 is 0.881 bits per heavy atom. The third-order valence-electron chi connectivity index (χ3n) is 11.9. The Hall–Kier alpha value is -7.88. The largest absolute Gasteiger partial charge is 0.456 e. The summed E-state index contributed by atoms with van der Waals surface area (Å²) in [5.41, 5.74) is 13.4. The number of fused-ring (bicyclic) bond motifs is 9. The molecule has 0 bridgehead atoms. The smallest absolute Gasteiger partial charge is 0.159 e. The second kappa shape index (κ2) is 13.4. The summed E-state index contributed by atoms with van der Waals surface area (Å²) in [4.78, 5) is 2.32. The van der Waals surface area contributed by atoms with Crippen molar-refractivity contribution in [1.29, 1.82) is 0 Å². The fraction of sp³-hybridized carbons (Fsp3) is 0. The highest BCUT2D eigenvalue weighted by molar-refractivity contribution is 6.15. The van der Waals surface area contributed by atoms with E-state index in [-0.39, 0.29) is 0 Å². The lowest BCUT2D eigenvalue weighted by atomic mass is 9.97. The Balaban J connectivity index is 1.01. The topological polar surface area (TPSA) is 29.5 Å². The molecule has 0 atom stereocenters. The number of rotatable bonds is 6. The van der Waals surface area contributed by atoms with Gasteiger partial charge in [-0.15, -0.1) is 0 Å². The molecule has 0 fully saturated rings. The minimum absolute atomic E-state index is 0.843. The van der Waals surface area contributed by atoms with E-state index in [0.29, 0.717) is 0 Å². The molecule has 0 saturated heterocycles. The van der Waals surface area contributed by atoms with Gasteiger partial charge in [0, 0.05) is 38.5 Å². The molecule has 0 radical (unpaired) electrons. The van der Waals surface area contributed by atoms with Crippen LogP contribution < -0.4 is 4.90 Å². The number of furan rings is 2. The molecule has 0 saturated carbocycles. The molecule has 0 aliphatic carbocycles. The average molecular weight is 754 g/mol. The minimum atomic E-state index is 0.843. The van der Waals surface area contributed by atoms with E-state index < -0.39 is 0 Å². The van der Waals surface area contributed by atoms with Crippen molar-refractivity contribution in [2.24, 2.45) is 0 Å². The molecule has 276 valence electrons. The summed E-state index contributed by atoms with van der Waals surface area (Å²) < 4.78 is 13.2. The predicted octanol–water partition coefficient (Wildman–Crippen LogP) is 16.3. The van der Waals surface area contributed by atoms with Crippen LogP contribution in [0.3, 0.4) is 0 Å². The van der Waals surface area contributed by atoms with Crippen LogP contribution in [0.5, 0.6) is 0 Å². The zero-order valence-corrected chi connectivity index (χ0v) is 32.0.